The van der Waals surface area contributed by atoms with Gasteiger partial charge in [-0.25, -0.2) is 8.42 Å². The molecule has 0 aliphatic carbocycles. The SMILES string of the molecule is Cc1cc([N+](=O)[O-])cc(S(=O)(=O)Nc2cccc(NC(=O)c3ccco3)c2)c1C. The van der Waals surface area contributed by atoms with Crippen LogP contribution in [-0.4, -0.2) is 19.2 Å². The number of nitrogens with one attached hydrogen (secondary N) is 2. The molecule has 0 aliphatic heterocycles. The fourth-order valence-corrected chi connectivity index (χ4v) is 4.05. The number of nitrogens with zero attached hydrogens (tertiary/aromatic N) is 1. The smallest absolute Gasteiger partial charge is 0.291 e. The molecule has 0 saturated carbocycles. The fraction of sp³-hybridized carbons (Fsp3) is 0.105. The van der Waals surface area contributed by atoms with Crippen LogP contribution in [0.4, 0.5) is 17.1 Å². The van der Waals surface area contributed by atoms with Crippen molar-refractivity contribution in [3.05, 3.63) is 81.8 Å². The van der Waals surface area contributed by atoms with Gasteiger partial charge in [-0.15, -0.1) is 0 Å². The lowest BCUT2D eigenvalue weighted by atomic mass is 10.1. The normalized spacial score (nSPS) is 11.1. The van der Waals surface area contributed by atoms with Gasteiger partial charge in [0.05, 0.1) is 21.8 Å². The van der Waals surface area contributed by atoms with Gasteiger partial charge < -0.3 is 9.73 Å². The molecule has 150 valence electrons. The summed E-state index contributed by atoms with van der Waals surface area (Å²) in [5.74, 6) is -0.376. The molecule has 9 nitrogen and oxygen atoms in total. The number of aryl methyl sites for hydroxylation is 1. The topological polar surface area (TPSA) is 132 Å². The number of hydrogen-bond donors (Lipinski definition) is 2. The van der Waals surface area contributed by atoms with Crippen molar-refractivity contribution in [3.63, 3.8) is 0 Å². The van der Waals surface area contributed by atoms with Gasteiger partial charge in [0.2, 0.25) is 0 Å². The van der Waals surface area contributed by atoms with Gasteiger partial charge in [0.1, 0.15) is 0 Å². The van der Waals surface area contributed by atoms with E-state index in [1.807, 2.05) is 0 Å². The number of carbonyl (C=O) groups excluding carboxylic acids is 1. The quantitative estimate of drug-likeness (QED) is 0.464. The monoisotopic (exact) mass is 415 g/mol. The molecule has 0 radical (unpaired) electrons. The maximum Gasteiger partial charge on any atom is 0.291 e. The standard InChI is InChI=1S/C19H17N3O6S/c1-12-9-16(22(24)25)11-18(13(12)2)29(26,27)21-15-6-3-5-14(10-15)20-19(23)17-7-4-8-28-17/h3-11,21H,1-2H3,(H,20,23). The summed E-state index contributed by atoms with van der Waals surface area (Å²) < 4.78 is 33.1. The zero-order valence-corrected chi connectivity index (χ0v) is 16.3. The van der Waals surface area contributed by atoms with E-state index in [0.717, 1.165) is 6.07 Å². The van der Waals surface area contributed by atoms with Gasteiger partial charge in [0, 0.05) is 17.8 Å². The van der Waals surface area contributed by atoms with E-state index in [2.05, 4.69) is 10.0 Å². The van der Waals surface area contributed by atoms with E-state index in [0.29, 0.717) is 16.8 Å². The van der Waals surface area contributed by atoms with Crippen LogP contribution < -0.4 is 10.0 Å². The van der Waals surface area contributed by atoms with E-state index in [-0.39, 0.29) is 22.0 Å². The van der Waals surface area contributed by atoms with Crippen molar-refractivity contribution in [1.82, 2.24) is 0 Å². The number of nitro benzene ring substituents is 1. The average Bonchev–Trinajstić information content (AvgIpc) is 3.18. The second-order valence-electron chi connectivity index (χ2n) is 6.26. The molecule has 0 bridgehead atoms. The third-order valence-corrected chi connectivity index (χ3v) is 5.73. The zero-order chi connectivity index (χ0) is 21.2. The lowest BCUT2D eigenvalue weighted by Crippen LogP contribution is -2.16. The molecule has 2 aromatic carbocycles. The van der Waals surface area contributed by atoms with E-state index in [9.17, 15) is 23.3 Å². The Morgan fingerprint density at radius 1 is 1.07 bits per heavy atom. The molecular formula is C19H17N3O6S. The van der Waals surface area contributed by atoms with Crippen LogP contribution in [0.15, 0.2) is 64.1 Å². The number of rotatable bonds is 6. The molecule has 0 spiro atoms. The highest BCUT2D eigenvalue weighted by atomic mass is 32.2. The van der Waals surface area contributed by atoms with Crippen molar-refractivity contribution in [2.45, 2.75) is 18.7 Å². The summed E-state index contributed by atoms with van der Waals surface area (Å²) in [6, 6.07) is 11.5. The van der Waals surface area contributed by atoms with E-state index < -0.39 is 20.9 Å². The first kappa shape index (κ1) is 20.1. The molecule has 2 N–H and O–H groups in total. The molecular weight excluding hydrogens is 398 g/mol. The van der Waals surface area contributed by atoms with Crippen molar-refractivity contribution in [2.75, 3.05) is 10.0 Å². The molecule has 0 unspecified atom stereocenters. The van der Waals surface area contributed by atoms with Gasteiger partial charge >= 0.3 is 0 Å². The van der Waals surface area contributed by atoms with Gasteiger partial charge in [-0.1, -0.05) is 6.07 Å². The predicted molar refractivity (Wildman–Crippen MR) is 106 cm³/mol. The van der Waals surface area contributed by atoms with E-state index in [4.69, 9.17) is 4.42 Å². The Labute approximate surface area is 166 Å². The number of furan rings is 1. The first-order chi connectivity index (χ1) is 13.7. The molecule has 3 aromatic rings. The van der Waals surface area contributed by atoms with Crippen molar-refractivity contribution in [2.24, 2.45) is 0 Å². The molecule has 0 atom stereocenters. The Morgan fingerprint density at radius 2 is 1.79 bits per heavy atom. The van der Waals surface area contributed by atoms with E-state index in [1.165, 1.54) is 30.5 Å². The van der Waals surface area contributed by atoms with E-state index >= 15 is 0 Å². The van der Waals surface area contributed by atoms with Crippen LogP contribution in [0.25, 0.3) is 0 Å². The summed E-state index contributed by atoms with van der Waals surface area (Å²) in [7, 11) is -4.10. The van der Waals surface area contributed by atoms with Crippen LogP contribution in [0.3, 0.4) is 0 Å². The number of non-ortho nitro benzene ring substituents is 1. The second-order valence-corrected chi connectivity index (χ2v) is 7.91. The fourth-order valence-electron chi connectivity index (χ4n) is 2.66. The Bertz CT molecular complexity index is 1190. The van der Waals surface area contributed by atoms with Crippen LogP contribution >= 0.6 is 0 Å². The van der Waals surface area contributed by atoms with Gasteiger partial charge in [0.25, 0.3) is 21.6 Å². The summed E-state index contributed by atoms with van der Waals surface area (Å²) in [6.07, 6.45) is 1.36. The summed E-state index contributed by atoms with van der Waals surface area (Å²) in [4.78, 5) is 22.3. The second kappa shape index (κ2) is 7.76. The lowest BCUT2D eigenvalue weighted by Gasteiger charge is -2.13. The largest absolute Gasteiger partial charge is 0.459 e. The van der Waals surface area contributed by atoms with Crippen molar-refractivity contribution < 1.29 is 22.6 Å². The Morgan fingerprint density at radius 3 is 2.45 bits per heavy atom. The Kier molecular flexibility index (Phi) is 5.37. The molecule has 10 heteroatoms. The predicted octanol–water partition coefficient (Wildman–Crippen LogP) is 3.86. The Balaban J connectivity index is 1.88. The zero-order valence-electron chi connectivity index (χ0n) is 15.5. The van der Waals surface area contributed by atoms with Crippen LogP contribution in [0.2, 0.25) is 0 Å². The van der Waals surface area contributed by atoms with Crippen LogP contribution in [0.1, 0.15) is 21.7 Å². The third-order valence-electron chi connectivity index (χ3n) is 4.22. The molecule has 3 rings (SSSR count). The van der Waals surface area contributed by atoms with Crippen LogP contribution in [-0.2, 0) is 10.0 Å². The molecule has 1 heterocycles. The molecule has 0 fully saturated rings. The van der Waals surface area contributed by atoms with E-state index in [1.54, 1.807) is 32.0 Å². The highest BCUT2D eigenvalue weighted by Crippen LogP contribution is 2.27. The number of anilines is 2. The minimum atomic E-state index is -4.10. The van der Waals surface area contributed by atoms with Gasteiger partial charge in [-0.05, 0) is 55.3 Å². The van der Waals surface area contributed by atoms with Crippen molar-refractivity contribution in [1.29, 1.82) is 0 Å². The minimum Gasteiger partial charge on any atom is -0.459 e. The van der Waals surface area contributed by atoms with Crippen molar-refractivity contribution in [3.8, 4) is 0 Å². The minimum absolute atomic E-state index is 0.110. The lowest BCUT2D eigenvalue weighted by molar-refractivity contribution is -0.385. The molecule has 29 heavy (non-hydrogen) atoms. The van der Waals surface area contributed by atoms with Crippen LogP contribution in [0.5, 0.6) is 0 Å². The Hall–Kier alpha value is -3.66. The number of amides is 1. The highest BCUT2D eigenvalue weighted by Gasteiger charge is 2.22. The molecule has 1 aromatic heterocycles. The number of hydrogen-bond acceptors (Lipinski definition) is 6. The first-order valence-electron chi connectivity index (χ1n) is 8.41. The third kappa shape index (κ3) is 4.43. The molecule has 1 amide bonds. The number of sulfonamides is 1. The summed E-state index contributed by atoms with van der Waals surface area (Å²) in [5.41, 5.74) is 1.11. The van der Waals surface area contributed by atoms with Gasteiger partial charge in [-0.3, -0.25) is 19.6 Å². The maximum absolute atomic E-state index is 12.8. The highest BCUT2D eigenvalue weighted by molar-refractivity contribution is 7.92. The summed E-state index contributed by atoms with van der Waals surface area (Å²) in [5, 5.41) is 13.7. The summed E-state index contributed by atoms with van der Waals surface area (Å²) in [6.45, 7) is 3.18. The molecule has 0 saturated heterocycles. The van der Waals surface area contributed by atoms with Gasteiger partial charge in [-0.2, -0.15) is 0 Å². The number of carbonyl (C=O) groups is 1. The summed E-state index contributed by atoms with van der Waals surface area (Å²) >= 11 is 0. The van der Waals surface area contributed by atoms with Crippen molar-refractivity contribution >= 4 is 33.0 Å². The number of benzene rings is 2. The number of nitro groups is 1. The molecule has 0 aliphatic rings. The average molecular weight is 415 g/mol. The first-order valence-corrected chi connectivity index (χ1v) is 9.89. The van der Waals surface area contributed by atoms with Gasteiger partial charge in [0.15, 0.2) is 5.76 Å². The van der Waals surface area contributed by atoms with Crippen LogP contribution in [0, 0.1) is 24.0 Å². The maximum atomic E-state index is 12.8.